The fraction of sp³-hybridized carbons (Fsp3) is 0.0588. The molecule has 24 heavy (non-hydrogen) atoms. The summed E-state index contributed by atoms with van der Waals surface area (Å²) < 4.78 is 19.4. The topological polar surface area (TPSA) is 74.1 Å². The lowest BCUT2D eigenvalue weighted by Gasteiger charge is -2.05. The van der Waals surface area contributed by atoms with Gasteiger partial charge in [0, 0.05) is 36.1 Å². The Morgan fingerprint density at radius 2 is 1.75 bits per heavy atom. The van der Waals surface area contributed by atoms with Crippen LogP contribution in [0, 0.1) is 5.82 Å². The number of pyridine rings is 1. The van der Waals surface area contributed by atoms with Crippen LogP contribution in [0.3, 0.4) is 0 Å². The SMILES string of the molecule is Cn1cc(-c2ccnc3c2C(=O)OC3=O)c(-c2ccc(F)cc2)n1. The summed E-state index contributed by atoms with van der Waals surface area (Å²) in [6.45, 7) is 0. The van der Waals surface area contributed by atoms with Crippen LogP contribution in [0.5, 0.6) is 0 Å². The van der Waals surface area contributed by atoms with Crippen molar-refractivity contribution in [1.82, 2.24) is 14.8 Å². The molecule has 1 aromatic carbocycles. The number of ether oxygens (including phenoxy) is 1. The minimum absolute atomic E-state index is 0.00795. The van der Waals surface area contributed by atoms with E-state index >= 15 is 0 Å². The molecule has 0 amide bonds. The van der Waals surface area contributed by atoms with E-state index in [4.69, 9.17) is 0 Å². The van der Waals surface area contributed by atoms with Gasteiger partial charge in [-0.2, -0.15) is 5.10 Å². The van der Waals surface area contributed by atoms with Gasteiger partial charge in [-0.15, -0.1) is 0 Å². The number of cyclic esters (lactones) is 2. The van der Waals surface area contributed by atoms with E-state index in [-0.39, 0.29) is 17.1 Å². The predicted molar refractivity (Wildman–Crippen MR) is 81.6 cm³/mol. The molecule has 118 valence electrons. The Morgan fingerprint density at radius 1 is 1.00 bits per heavy atom. The number of nitrogens with zero attached hydrogens (tertiary/aromatic N) is 3. The van der Waals surface area contributed by atoms with Gasteiger partial charge in [-0.3, -0.25) is 4.68 Å². The third-order valence-corrected chi connectivity index (χ3v) is 3.77. The van der Waals surface area contributed by atoms with Crippen molar-refractivity contribution in [2.75, 3.05) is 0 Å². The lowest BCUT2D eigenvalue weighted by atomic mass is 9.97. The highest BCUT2D eigenvalue weighted by Crippen LogP contribution is 2.35. The van der Waals surface area contributed by atoms with Crippen LogP contribution >= 0.6 is 0 Å². The third kappa shape index (κ3) is 2.10. The van der Waals surface area contributed by atoms with E-state index in [1.807, 2.05) is 0 Å². The zero-order valence-electron chi connectivity index (χ0n) is 12.5. The Labute approximate surface area is 135 Å². The Morgan fingerprint density at radius 3 is 2.50 bits per heavy atom. The molecule has 3 aromatic rings. The van der Waals surface area contributed by atoms with E-state index < -0.39 is 11.9 Å². The van der Waals surface area contributed by atoms with Gasteiger partial charge in [0.05, 0.1) is 0 Å². The van der Waals surface area contributed by atoms with Crippen LogP contribution in [0.4, 0.5) is 4.39 Å². The second kappa shape index (κ2) is 5.09. The molecule has 1 aliphatic heterocycles. The minimum atomic E-state index is -0.760. The first-order valence-electron chi connectivity index (χ1n) is 7.10. The molecule has 0 spiro atoms. The zero-order chi connectivity index (χ0) is 16.8. The Hall–Kier alpha value is -3.35. The molecule has 0 saturated carbocycles. The van der Waals surface area contributed by atoms with Gasteiger partial charge < -0.3 is 4.74 Å². The van der Waals surface area contributed by atoms with Crippen molar-refractivity contribution < 1.29 is 18.7 Å². The maximum absolute atomic E-state index is 13.2. The molecule has 6 nitrogen and oxygen atoms in total. The Kier molecular flexibility index (Phi) is 3.02. The van der Waals surface area contributed by atoms with E-state index in [1.165, 1.54) is 18.3 Å². The maximum Gasteiger partial charge on any atom is 0.365 e. The quantitative estimate of drug-likeness (QED) is 0.535. The van der Waals surface area contributed by atoms with Crippen LogP contribution in [0.15, 0.2) is 42.7 Å². The summed E-state index contributed by atoms with van der Waals surface area (Å²) in [5, 5.41) is 4.39. The number of fused-ring (bicyclic) bond motifs is 1. The molecule has 1 aliphatic rings. The first-order chi connectivity index (χ1) is 11.5. The van der Waals surface area contributed by atoms with Gasteiger partial charge in [-0.05, 0) is 30.3 Å². The van der Waals surface area contributed by atoms with E-state index in [0.29, 0.717) is 22.4 Å². The van der Waals surface area contributed by atoms with Crippen molar-refractivity contribution in [3.05, 3.63) is 59.8 Å². The molecule has 0 atom stereocenters. The van der Waals surface area contributed by atoms with Gasteiger partial charge in [0.15, 0.2) is 5.69 Å². The first-order valence-corrected chi connectivity index (χ1v) is 7.10. The summed E-state index contributed by atoms with van der Waals surface area (Å²) >= 11 is 0. The second-order valence-corrected chi connectivity index (χ2v) is 5.33. The lowest BCUT2D eigenvalue weighted by Crippen LogP contribution is -1.98. The number of esters is 2. The van der Waals surface area contributed by atoms with Crippen LogP contribution < -0.4 is 0 Å². The van der Waals surface area contributed by atoms with Crippen LogP contribution in [0.25, 0.3) is 22.4 Å². The average molecular weight is 323 g/mol. The van der Waals surface area contributed by atoms with Crippen molar-refractivity contribution in [2.45, 2.75) is 0 Å². The fourth-order valence-corrected chi connectivity index (χ4v) is 2.74. The highest BCUT2D eigenvalue weighted by atomic mass is 19.1. The van der Waals surface area contributed by atoms with E-state index in [1.54, 1.807) is 36.1 Å². The lowest BCUT2D eigenvalue weighted by molar-refractivity contribution is 0.0442. The van der Waals surface area contributed by atoms with Crippen LogP contribution in [0.2, 0.25) is 0 Å². The molecule has 0 N–H and O–H groups in total. The molecule has 0 bridgehead atoms. The summed E-state index contributed by atoms with van der Waals surface area (Å²) in [5.41, 5.74) is 2.51. The molecule has 0 unspecified atom stereocenters. The molecular formula is C17H10FN3O3. The van der Waals surface area contributed by atoms with Gasteiger partial charge in [-0.25, -0.2) is 19.0 Å². The van der Waals surface area contributed by atoms with E-state index in [0.717, 1.165) is 0 Å². The van der Waals surface area contributed by atoms with Crippen molar-refractivity contribution in [3.8, 4) is 22.4 Å². The monoisotopic (exact) mass is 323 g/mol. The summed E-state index contributed by atoms with van der Waals surface area (Å²) in [7, 11) is 1.74. The predicted octanol–water partition coefficient (Wildman–Crippen LogP) is 2.60. The average Bonchev–Trinajstić information content (AvgIpc) is 3.09. The summed E-state index contributed by atoms with van der Waals surface area (Å²) in [6.07, 6.45) is 3.17. The maximum atomic E-state index is 13.2. The van der Waals surface area contributed by atoms with Crippen LogP contribution in [-0.4, -0.2) is 26.7 Å². The number of rotatable bonds is 2. The number of aromatic nitrogens is 3. The smallest absolute Gasteiger partial charge is 0.365 e. The number of carbonyl (C=O) groups is 2. The zero-order valence-corrected chi connectivity index (χ0v) is 12.5. The second-order valence-electron chi connectivity index (χ2n) is 5.33. The molecule has 0 fully saturated rings. The van der Waals surface area contributed by atoms with Crippen molar-refractivity contribution in [1.29, 1.82) is 0 Å². The van der Waals surface area contributed by atoms with Crippen molar-refractivity contribution in [2.24, 2.45) is 7.05 Å². The number of hydrogen-bond acceptors (Lipinski definition) is 5. The number of benzene rings is 1. The largest absolute Gasteiger partial charge is 0.384 e. The van der Waals surface area contributed by atoms with Gasteiger partial charge >= 0.3 is 11.9 Å². The molecule has 3 heterocycles. The number of aryl methyl sites for hydroxylation is 1. The normalized spacial score (nSPS) is 13.1. The van der Waals surface area contributed by atoms with E-state index in [9.17, 15) is 14.0 Å². The van der Waals surface area contributed by atoms with Crippen LogP contribution in [-0.2, 0) is 11.8 Å². The van der Waals surface area contributed by atoms with Crippen molar-refractivity contribution in [3.63, 3.8) is 0 Å². The molecule has 7 heteroatoms. The summed E-state index contributed by atoms with van der Waals surface area (Å²) in [4.78, 5) is 27.6. The Bertz CT molecular complexity index is 993. The number of carbonyl (C=O) groups excluding carboxylic acids is 2. The van der Waals surface area contributed by atoms with Crippen LogP contribution in [0.1, 0.15) is 20.8 Å². The van der Waals surface area contributed by atoms with Gasteiger partial charge in [0.1, 0.15) is 17.1 Å². The summed E-state index contributed by atoms with van der Waals surface area (Å²) in [6, 6.07) is 7.51. The number of hydrogen-bond donors (Lipinski definition) is 0. The standard InChI is InChI=1S/C17H10FN3O3/c1-21-8-12(14(20-21)9-2-4-10(18)5-3-9)11-6-7-19-15-13(11)16(22)24-17(15)23/h2-8H,1H3. The van der Waals surface area contributed by atoms with Gasteiger partial charge in [-0.1, -0.05) is 0 Å². The van der Waals surface area contributed by atoms with Crippen molar-refractivity contribution >= 4 is 11.9 Å². The summed E-state index contributed by atoms with van der Waals surface area (Å²) in [5.74, 6) is -1.84. The number of halogens is 1. The Balaban J connectivity index is 1.95. The minimum Gasteiger partial charge on any atom is -0.384 e. The first kappa shape index (κ1) is 14.3. The molecule has 0 aliphatic carbocycles. The van der Waals surface area contributed by atoms with Gasteiger partial charge in [0.2, 0.25) is 0 Å². The molecule has 0 radical (unpaired) electrons. The fourth-order valence-electron chi connectivity index (χ4n) is 2.74. The highest BCUT2D eigenvalue weighted by Gasteiger charge is 2.35. The molecular weight excluding hydrogens is 313 g/mol. The van der Waals surface area contributed by atoms with E-state index in [2.05, 4.69) is 14.8 Å². The third-order valence-electron chi connectivity index (χ3n) is 3.77. The highest BCUT2D eigenvalue weighted by molar-refractivity contribution is 6.17. The van der Waals surface area contributed by atoms with Gasteiger partial charge in [0.25, 0.3) is 0 Å². The molecule has 2 aromatic heterocycles. The molecule has 4 rings (SSSR count). The molecule has 0 saturated heterocycles.